The number of alkyl halides is 3. The molecule has 0 radical (unpaired) electrons. The molecule has 2 N–H and O–H groups in total. The van der Waals surface area contributed by atoms with Gasteiger partial charge in [0.05, 0.1) is 11.6 Å². The molecule has 7 heteroatoms. The van der Waals surface area contributed by atoms with Crippen LogP contribution in [0.1, 0.15) is 25.3 Å². The van der Waals surface area contributed by atoms with Crippen LogP contribution in [-0.4, -0.2) is 18.5 Å². The highest BCUT2D eigenvalue weighted by atomic mass is 79.9. The first kappa shape index (κ1) is 16.3. The maximum atomic E-state index is 12.8. The largest absolute Gasteiger partial charge is 0.417 e. The van der Waals surface area contributed by atoms with Crippen molar-refractivity contribution in [1.29, 1.82) is 0 Å². The van der Waals surface area contributed by atoms with Gasteiger partial charge in [-0.2, -0.15) is 13.2 Å². The lowest BCUT2D eigenvalue weighted by Gasteiger charge is -2.27. The Bertz CT molecular complexity index is 533. The molecule has 3 nitrogen and oxygen atoms in total. The number of halogens is 4. The molecule has 0 aliphatic carbocycles. The van der Waals surface area contributed by atoms with Gasteiger partial charge in [0.25, 0.3) is 0 Å². The van der Waals surface area contributed by atoms with Crippen molar-refractivity contribution < 1.29 is 18.0 Å². The average Bonchev–Trinajstić information content (AvgIpc) is 2.39. The lowest BCUT2D eigenvalue weighted by molar-refractivity contribution is -0.138. The Morgan fingerprint density at radius 2 is 2.14 bits per heavy atom. The van der Waals surface area contributed by atoms with Gasteiger partial charge >= 0.3 is 6.18 Å². The number of nitrogens with one attached hydrogen (secondary N) is 2. The second-order valence-electron chi connectivity index (χ2n) is 5.32. The summed E-state index contributed by atoms with van der Waals surface area (Å²) in [4.78, 5) is 12.1. The molecule has 1 aliphatic heterocycles. The molecule has 2 atom stereocenters. The predicted molar refractivity (Wildman–Crippen MR) is 78.0 cm³/mol. The summed E-state index contributed by atoms with van der Waals surface area (Å²) < 4.78 is 38.4. The van der Waals surface area contributed by atoms with Crippen molar-refractivity contribution in [3.63, 3.8) is 0 Å². The highest BCUT2D eigenvalue weighted by molar-refractivity contribution is 9.10. The van der Waals surface area contributed by atoms with E-state index < -0.39 is 11.7 Å². The van der Waals surface area contributed by atoms with Crippen LogP contribution in [0.3, 0.4) is 0 Å². The lowest BCUT2D eigenvalue weighted by Crippen LogP contribution is -2.45. The Hall–Kier alpha value is -1.08. The van der Waals surface area contributed by atoms with Crippen molar-refractivity contribution in [3.05, 3.63) is 28.2 Å². The Labute approximate surface area is 129 Å². The van der Waals surface area contributed by atoms with Gasteiger partial charge in [-0.1, -0.05) is 22.9 Å². The Balaban J connectivity index is 2.11. The highest BCUT2D eigenvalue weighted by Crippen LogP contribution is 2.36. The molecule has 0 spiro atoms. The third kappa shape index (κ3) is 4.20. The van der Waals surface area contributed by atoms with Gasteiger partial charge in [0, 0.05) is 10.2 Å². The predicted octanol–water partition coefficient (Wildman–Crippen LogP) is 3.79. The Morgan fingerprint density at radius 1 is 1.43 bits per heavy atom. The molecule has 0 saturated carbocycles. The van der Waals surface area contributed by atoms with Crippen LogP contribution in [0.25, 0.3) is 0 Å². The highest BCUT2D eigenvalue weighted by Gasteiger charge is 2.33. The fourth-order valence-electron chi connectivity index (χ4n) is 2.36. The minimum Gasteiger partial charge on any atom is -0.325 e. The van der Waals surface area contributed by atoms with E-state index in [4.69, 9.17) is 0 Å². The van der Waals surface area contributed by atoms with E-state index in [9.17, 15) is 18.0 Å². The number of amides is 1. The van der Waals surface area contributed by atoms with Crippen LogP contribution in [0.2, 0.25) is 0 Å². The first-order valence-electron chi connectivity index (χ1n) is 6.68. The molecule has 0 aromatic heterocycles. The standard InChI is InChI=1S/C14H16BrF3N2O/c1-8-4-5-19-12(6-8)13(21)20-9-2-3-11(15)10(7-9)14(16,17)18/h2-3,7-8,12,19H,4-6H2,1H3,(H,20,21). The first-order chi connectivity index (χ1) is 9.77. The molecule has 2 rings (SSSR count). The number of benzene rings is 1. The van der Waals surface area contributed by atoms with Gasteiger partial charge in [0.1, 0.15) is 0 Å². The summed E-state index contributed by atoms with van der Waals surface area (Å²) in [5.41, 5.74) is -0.652. The quantitative estimate of drug-likeness (QED) is 0.837. The number of carbonyl (C=O) groups is 1. The topological polar surface area (TPSA) is 41.1 Å². The van der Waals surface area contributed by atoms with Gasteiger partial charge in [-0.15, -0.1) is 0 Å². The van der Waals surface area contributed by atoms with Crippen molar-refractivity contribution in [3.8, 4) is 0 Å². The van der Waals surface area contributed by atoms with Crippen molar-refractivity contribution in [2.45, 2.75) is 32.0 Å². The Morgan fingerprint density at radius 3 is 2.76 bits per heavy atom. The molecule has 1 heterocycles. The zero-order valence-corrected chi connectivity index (χ0v) is 13.0. The molecule has 21 heavy (non-hydrogen) atoms. The summed E-state index contributed by atoms with van der Waals surface area (Å²) in [6, 6.07) is 3.32. The van der Waals surface area contributed by atoms with E-state index >= 15 is 0 Å². The summed E-state index contributed by atoms with van der Waals surface area (Å²) in [6.45, 7) is 2.80. The SMILES string of the molecule is CC1CCNC(C(=O)Nc2ccc(Br)c(C(F)(F)F)c2)C1. The molecule has 1 aliphatic rings. The van der Waals surface area contributed by atoms with Gasteiger partial charge in [-0.05, 0) is 43.5 Å². The number of piperidine rings is 1. The number of rotatable bonds is 2. The molecular weight excluding hydrogens is 349 g/mol. The minimum absolute atomic E-state index is 0.0441. The zero-order chi connectivity index (χ0) is 15.6. The molecular formula is C14H16BrF3N2O. The second-order valence-corrected chi connectivity index (χ2v) is 6.17. The summed E-state index contributed by atoms with van der Waals surface area (Å²) in [5, 5.41) is 5.63. The van der Waals surface area contributed by atoms with Crippen LogP contribution in [-0.2, 0) is 11.0 Å². The van der Waals surface area contributed by atoms with Crippen molar-refractivity contribution >= 4 is 27.5 Å². The number of carbonyl (C=O) groups excluding carboxylic acids is 1. The molecule has 1 aromatic rings. The van der Waals surface area contributed by atoms with E-state index in [1.54, 1.807) is 0 Å². The van der Waals surface area contributed by atoms with Crippen LogP contribution < -0.4 is 10.6 Å². The Kier molecular flexibility index (Phi) is 4.93. The van der Waals surface area contributed by atoms with Gasteiger partial charge in [-0.25, -0.2) is 0 Å². The van der Waals surface area contributed by atoms with Crippen LogP contribution in [0.15, 0.2) is 22.7 Å². The monoisotopic (exact) mass is 364 g/mol. The van der Waals surface area contributed by atoms with Crippen LogP contribution in [0.4, 0.5) is 18.9 Å². The van der Waals surface area contributed by atoms with E-state index in [1.807, 2.05) is 0 Å². The minimum atomic E-state index is -4.46. The van der Waals surface area contributed by atoms with Gasteiger partial charge in [0.15, 0.2) is 0 Å². The first-order valence-corrected chi connectivity index (χ1v) is 7.47. The number of hydrogen-bond donors (Lipinski definition) is 2. The van der Waals surface area contributed by atoms with Gasteiger partial charge in [0.2, 0.25) is 5.91 Å². The van der Waals surface area contributed by atoms with Crippen molar-refractivity contribution in [1.82, 2.24) is 5.32 Å². The molecule has 116 valence electrons. The normalized spacial score (nSPS) is 22.9. The number of anilines is 1. The van der Waals surface area contributed by atoms with Crippen LogP contribution in [0.5, 0.6) is 0 Å². The summed E-state index contributed by atoms with van der Waals surface area (Å²) in [6.07, 6.45) is -2.77. The third-order valence-electron chi connectivity index (χ3n) is 3.52. The summed E-state index contributed by atoms with van der Waals surface area (Å²) >= 11 is 2.87. The van der Waals surface area contributed by atoms with E-state index in [1.165, 1.54) is 12.1 Å². The van der Waals surface area contributed by atoms with Crippen molar-refractivity contribution in [2.75, 3.05) is 11.9 Å². The molecule has 1 fully saturated rings. The summed E-state index contributed by atoms with van der Waals surface area (Å²) in [5.74, 6) is 0.134. The third-order valence-corrected chi connectivity index (χ3v) is 4.21. The van der Waals surface area contributed by atoms with E-state index in [-0.39, 0.29) is 22.1 Å². The maximum Gasteiger partial charge on any atom is 0.417 e. The molecule has 2 unspecified atom stereocenters. The second kappa shape index (κ2) is 6.36. The van der Waals surface area contributed by atoms with E-state index in [0.29, 0.717) is 12.3 Å². The summed E-state index contributed by atoms with van der Waals surface area (Å²) in [7, 11) is 0. The van der Waals surface area contributed by atoms with Crippen molar-refractivity contribution in [2.24, 2.45) is 5.92 Å². The van der Waals surface area contributed by atoms with Crippen LogP contribution in [0, 0.1) is 5.92 Å². The average molecular weight is 365 g/mol. The number of hydrogen-bond acceptors (Lipinski definition) is 2. The molecule has 1 aromatic carbocycles. The lowest BCUT2D eigenvalue weighted by atomic mass is 9.94. The van der Waals surface area contributed by atoms with E-state index in [2.05, 4.69) is 33.5 Å². The van der Waals surface area contributed by atoms with Crippen LogP contribution >= 0.6 is 15.9 Å². The fraction of sp³-hybridized carbons (Fsp3) is 0.500. The molecule has 1 saturated heterocycles. The maximum absolute atomic E-state index is 12.8. The molecule has 0 bridgehead atoms. The smallest absolute Gasteiger partial charge is 0.325 e. The van der Waals surface area contributed by atoms with Gasteiger partial charge < -0.3 is 10.6 Å². The van der Waals surface area contributed by atoms with E-state index in [0.717, 1.165) is 19.0 Å². The zero-order valence-electron chi connectivity index (χ0n) is 11.4. The van der Waals surface area contributed by atoms with Gasteiger partial charge in [-0.3, -0.25) is 4.79 Å². The molecule has 1 amide bonds. The fourth-order valence-corrected chi connectivity index (χ4v) is 2.83.